The zero-order valence-electron chi connectivity index (χ0n) is 3.12. The second kappa shape index (κ2) is 16.4. The molecule has 0 aliphatic heterocycles. The van der Waals surface area contributed by atoms with Gasteiger partial charge in [0.1, 0.15) is 0 Å². The van der Waals surface area contributed by atoms with Crippen molar-refractivity contribution in [1.82, 2.24) is 0 Å². The van der Waals surface area contributed by atoms with Crippen molar-refractivity contribution in [3.05, 3.63) is 0 Å². The summed E-state index contributed by atoms with van der Waals surface area (Å²) in [4.78, 5) is 0. The van der Waals surface area contributed by atoms with Gasteiger partial charge in [0.25, 0.3) is 0 Å². The van der Waals surface area contributed by atoms with E-state index in [1.807, 2.05) is 0 Å². The van der Waals surface area contributed by atoms with E-state index in [9.17, 15) is 0 Å². The summed E-state index contributed by atoms with van der Waals surface area (Å²) in [6.07, 6.45) is 0. The molecule has 0 fully saturated rings. The van der Waals surface area contributed by atoms with E-state index in [2.05, 4.69) is 0 Å². The van der Waals surface area contributed by atoms with Gasteiger partial charge < -0.3 is 5.11 Å². The Labute approximate surface area is 87.1 Å². The van der Waals surface area contributed by atoms with Crippen molar-refractivity contribution in [3.63, 3.8) is 0 Å². The molecule has 0 heterocycles. The van der Waals surface area contributed by atoms with Crippen molar-refractivity contribution < 1.29 is 56.5 Å². The molecule has 0 aliphatic carbocycles. The third kappa shape index (κ3) is 22.6. The monoisotopic (exact) mass is 92.0 g/mol. The Morgan fingerprint density at radius 1 is 1.60 bits per heavy atom. The van der Waals surface area contributed by atoms with Gasteiger partial charge in [0, 0.05) is 0 Å². The maximum absolute atomic E-state index is 8.93. The molecule has 0 aromatic rings. The normalized spacial score (nSPS) is 3.60. The molecule has 0 unspecified atom stereocenters. The van der Waals surface area contributed by atoms with Gasteiger partial charge in [-0.25, -0.2) is 0 Å². The zero-order chi connectivity index (χ0) is 2.71. The standard InChI is InChI=1S/C2H5O.K.Li.H/c1-2-3;;;/h2H2,1H3;;;/q-1;+1;;. The van der Waals surface area contributed by atoms with E-state index < -0.39 is 0 Å². The van der Waals surface area contributed by atoms with Crippen molar-refractivity contribution in [2.45, 2.75) is 6.92 Å². The summed E-state index contributed by atoms with van der Waals surface area (Å²) < 4.78 is 0. The molecule has 0 atom stereocenters. The number of rotatable bonds is 0. The Hall–Kier alpha value is 2.19. The fourth-order valence-electron chi connectivity index (χ4n) is 0. The Balaban J connectivity index is -0.0000000200. The molecular formula is C2H6KLiO. The molecule has 5 heavy (non-hydrogen) atoms. The molecule has 22 valence electrons. The fourth-order valence-corrected chi connectivity index (χ4v) is 0. The first-order valence-electron chi connectivity index (χ1n) is 0.996. The van der Waals surface area contributed by atoms with Gasteiger partial charge in [0.15, 0.2) is 0 Å². The predicted molar refractivity (Wildman–Crippen MR) is 17.7 cm³/mol. The van der Waals surface area contributed by atoms with Crippen LogP contribution in [-0.4, -0.2) is 25.5 Å². The van der Waals surface area contributed by atoms with Gasteiger partial charge >= 0.3 is 70.2 Å². The van der Waals surface area contributed by atoms with Gasteiger partial charge in [-0.2, -0.15) is 0 Å². The minimum atomic E-state index is 0. The Morgan fingerprint density at radius 2 is 1.60 bits per heavy atom. The molecule has 0 N–H and O–H groups in total. The van der Waals surface area contributed by atoms with Gasteiger partial charge in [-0.1, -0.05) is 6.92 Å². The molecular weight excluding hydrogens is 86.1 g/mol. The summed E-state index contributed by atoms with van der Waals surface area (Å²) in [6, 6.07) is 0. The molecule has 0 rings (SSSR count). The Morgan fingerprint density at radius 3 is 1.60 bits per heavy atom. The molecule has 0 aliphatic rings. The average molecular weight is 92.1 g/mol. The van der Waals surface area contributed by atoms with Crippen molar-refractivity contribution >= 4 is 18.9 Å². The van der Waals surface area contributed by atoms with E-state index in [-0.39, 0.29) is 76.9 Å². The molecule has 0 bridgehead atoms. The molecule has 3 heteroatoms. The van der Waals surface area contributed by atoms with Crippen molar-refractivity contribution in [1.29, 1.82) is 0 Å². The Kier molecular flexibility index (Phi) is 51.4. The molecule has 0 aromatic carbocycles. The zero-order valence-corrected chi connectivity index (χ0v) is 6.24. The second-order valence-electron chi connectivity index (χ2n) is 0.289. The fraction of sp³-hybridized carbons (Fsp3) is 1.00. The van der Waals surface area contributed by atoms with E-state index in [1.165, 1.54) is 0 Å². The van der Waals surface area contributed by atoms with Crippen molar-refractivity contribution in [2.24, 2.45) is 0 Å². The first-order chi connectivity index (χ1) is 1.41. The van der Waals surface area contributed by atoms with Crippen LogP contribution in [0.3, 0.4) is 0 Å². The SMILES string of the molecule is CC[O-].[K+].[LiH]. The molecule has 1 nitrogen and oxygen atoms in total. The number of hydrogen-bond acceptors (Lipinski definition) is 1. The Bertz CT molecular complexity index is 9.61. The van der Waals surface area contributed by atoms with Gasteiger partial charge in [-0.15, -0.1) is 6.61 Å². The van der Waals surface area contributed by atoms with Gasteiger partial charge in [0.2, 0.25) is 0 Å². The molecule has 0 saturated carbocycles. The first kappa shape index (κ1) is 15.7. The van der Waals surface area contributed by atoms with Crippen LogP contribution in [-0.2, 0) is 0 Å². The molecule has 0 amide bonds. The quantitative estimate of drug-likeness (QED) is 0.277. The number of hydrogen-bond donors (Lipinski definition) is 0. The summed E-state index contributed by atoms with van der Waals surface area (Å²) in [6.45, 7) is 1.57. The summed E-state index contributed by atoms with van der Waals surface area (Å²) in [5.41, 5.74) is 0. The summed E-state index contributed by atoms with van der Waals surface area (Å²) in [5.74, 6) is 0. The summed E-state index contributed by atoms with van der Waals surface area (Å²) in [5, 5.41) is 8.93. The van der Waals surface area contributed by atoms with Crippen molar-refractivity contribution in [2.75, 3.05) is 6.61 Å². The third-order valence-electron chi connectivity index (χ3n) is 0. The van der Waals surface area contributed by atoms with Crippen LogP contribution in [0.1, 0.15) is 6.92 Å². The minimum absolute atomic E-state index is 0. The van der Waals surface area contributed by atoms with E-state index >= 15 is 0 Å². The molecule has 0 radical (unpaired) electrons. The maximum atomic E-state index is 8.93. The van der Waals surface area contributed by atoms with Gasteiger partial charge in [-0.3, -0.25) is 0 Å². The molecule has 0 saturated heterocycles. The van der Waals surface area contributed by atoms with Crippen LogP contribution in [0.4, 0.5) is 0 Å². The summed E-state index contributed by atoms with van der Waals surface area (Å²) >= 11 is 0. The van der Waals surface area contributed by atoms with Crippen LogP contribution < -0.4 is 56.5 Å². The van der Waals surface area contributed by atoms with Crippen molar-refractivity contribution in [3.8, 4) is 0 Å². The topological polar surface area (TPSA) is 23.1 Å². The third-order valence-corrected chi connectivity index (χ3v) is 0. The average Bonchev–Trinajstić information content (AvgIpc) is 0.918. The van der Waals surface area contributed by atoms with Crippen LogP contribution in [0.25, 0.3) is 0 Å². The van der Waals surface area contributed by atoms with Crippen LogP contribution >= 0.6 is 0 Å². The first-order valence-corrected chi connectivity index (χ1v) is 0.996. The van der Waals surface area contributed by atoms with Crippen LogP contribution in [0.5, 0.6) is 0 Å². The molecule has 0 aromatic heterocycles. The second-order valence-corrected chi connectivity index (χ2v) is 0.289. The van der Waals surface area contributed by atoms with Crippen LogP contribution in [0, 0.1) is 0 Å². The van der Waals surface area contributed by atoms with E-state index in [0.29, 0.717) is 0 Å². The summed E-state index contributed by atoms with van der Waals surface area (Å²) in [7, 11) is 0. The predicted octanol–water partition coefficient (Wildman–Crippen LogP) is -4.28. The van der Waals surface area contributed by atoms with Crippen LogP contribution in [0.15, 0.2) is 0 Å². The van der Waals surface area contributed by atoms with E-state index in [4.69, 9.17) is 5.11 Å². The van der Waals surface area contributed by atoms with Gasteiger partial charge in [0.05, 0.1) is 0 Å². The van der Waals surface area contributed by atoms with E-state index in [1.54, 1.807) is 6.92 Å². The van der Waals surface area contributed by atoms with E-state index in [0.717, 1.165) is 0 Å². The van der Waals surface area contributed by atoms with Gasteiger partial charge in [-0.05, 0) is 0 Å². The molecule has 0 spiro atoms. The van der Waals surface area contributed by atoms with Crippen LogP contribution in [0.2, 0.25) is 0 Å².